The van der Waals surface area contributed by atoms with Gasteiger partial charge in [0.25, 0.3) is 0 Å². The highest BCUT2D eigenvalue weighted by molar-refractivity contribution is 4.29. The molecule has 0 aromatic carbocycles. The first-order chi connectivity index (χ1) is 5.50. The van der Waals surface area contributed by atoms with Crippen molar-refractivity contribution in [1.82, 2.24) is 0 Å². The van der Waals surface area contributed by atoms with E-state index in [-0.39, 0.29) is 0 Å². The first kappa shape index (κ1) is 8.89. The minimum atomic E-state index is 0.500. The van der Waals surface area contributed by atoms with E-state index in [1.807, 2.05) is 0 Å². The summed E-state index contributed by atoms with van der Waals surface area (Å²) in [5.41, 5.74) is 0. The second kappa shape index (κ2) is 6.51. The van der Waals surface area contributed by atoms with Gasteiger partial charge < -0.3 is 9.47 Å². The predicted octanol–water partition coefficient (Wildman–Crippen LogP) is 0.261. The predicted molar refractivity (Wildman–Crippen MR) is 34.4 cm³/mol. The molecule has 0 aromatic heterocycles. The SMILES string of the molecule is C1COCO1.C1COOOC1. The lowest BCUT2D eigenvalue weighted by Crippen LogP contribution is -2.08. The normalized spacial score (nSPS) is 24.0. The summed E-state index contributed by atoms with van der Waals surface area (Å²) in [5, 5.41) is 4.07. The van der Waals surface area contributed by atoms with Crippen LogP contribution in [0.3, 0.4) is 0 Å². The molecule has 2 rings (SSSR count). The Hall–Kier alpha value is -0.200. The highest BCUT2D eigenvalue weighted by atomic mass is 17.5. The molecule has 0 N–H and O–H groups in total. The number of ether oxygens (including phenoxy) is 2. The van der Waals surface area contributed by atoms with Gasteiger partial charge in [-0.05, 0) is 0 Å². The van der Waals surface area contributed by atoms with E-state index >= 15 is 0 Å². The maximum absolute atomic E-state index is 4.72. The van der Waals surface area contributed by atoms with Gasteiger partial charge in [-0.1, -0.05) is 5.04 Å². The molecule has 5 nitrogen and oxygen atoms in total. The molecule has 0 aromatic rings. The summed E-state index contributed by atoms with van der Waals surface area (Å²) in [6.45, 7) is 3.36. The van der Waals surface area contributed by atoms with Crippen LogP contribution in [0.2, 0.25) is 0 Å². The molecule has 2 aliphatic heterocycles. The van der Waals surface area contributed by atoms with Gasteiger partial charge in [-0.2, -0.15) is 0 Å². The van der Waals surface area contributed by atoms with E-state index in [0.717, 1.165) is 19.6 Å². The van der Waals surface area contributed by atoms with Crippen LogP contribution in [-0.4, -0.2) is 33.2 Å². The van der Waals surface area contributed by atoms with Gasteiger partial charge in [-0.3, -0.25) is 0 Å². The molecular formula is C6H12O5. The Labute approximate surface area is 65.0 Å². The molecule has 2 heterocycles. The van der Waals surface area contributed by atoms with Gasteiger partial charge in [0, 0.05) is 6.42 Å². The molecule has 0 saturated carbocycles. The fourth-order valence-corrected chi connectivity index (χ4v) is 0.573. The van der Waals surface area contributed by atoms with Gasteiger partial charge in [-0.15, -0.1) is 0 Å². The van der Waals surface area contributed by atoms with Crippen LogP contribution in [0.5, 0.6) is 0 Å². The van der Waals surface area contributed by atoms with Crippen molar-refractivity contribution in [2.24, 2.45) is 0 Å². The third-order valence-electron chi connectivity index (χ3n) is 1.09. The van der Waals surface area contributed by atoms with E-state index in [0.29, 0.717) is 20.0 Å². The summed E-state index contributed by atoms with van der Waals surface area (Å²) < 4.78 is 9.44. The van der Waals surface area contributed by atoms with Crippen LogP contribution in [-0.2, 0) is 24.3 Å². The molecule has 0 aliphatic carbocycles. The Morgan fingerprint density at radius 2 is 1.36 bits per heavy atom. The third-order valence-corrected chi connectivity index (χ3v) is 1.09. The van der Waals surface area contributed by atoms with E-state index in [1.54, 1.807) is 0 Å². The van der Waals surface area contributed by atoms with Crippen LogP contribution in [0, 0.1) is 0 Å². The van der Waals surface area contributed by atoms with Crippen molar-refractivity contribution in [3.63, 3.8) is 0 Å². The molecule has 11 heavy (non-hydrogen) atoms. The molecular weight excluding hydrogens is 152 g/mol. The summed E-state index contributed by atoms with van der Waals surface area (Å²) in [7, 11) is 0. The molecule has 0 unspecified atom stereocenters. The standard InChI is InChI=1S/C3H6O3.C3H6O2/c1-2-4-6-5-3-1;1-2-5-3-4-1/h1-3H2;1-3H2. The molecule has 2 aliphatic rings. The van der Waals surface area contributed by atoms with Crippen molar-refractivity contribution in [2.45, 2.75) is 6.42 Å². The fourth-order valence-electron chi connectivity index (χ4n) is 0.573. The monoisotopic (exact) mass is 164 g/mol. The van der Waals surface area contributed by atoms with E-state index in [2.05, 4.69) is 14.8 Å². The average molecular weight is 164 g/mol. The zero-order chi connectivity index (χ0) is 7.78. The van der Waals surface area contributed by atoms with Crippen molar-refractivity contribution in [1.29, 1.82) is 0 Å². The lowest BCUT2D eigenvalue weighted by Gasteiger charge is -2.06. The van der Waals surface area contributed by atoms with E-state index in [9.17, 15) is 0 Å². The number of hydrogen-bond donors (Lipinski definition) is 0. The maximum atomic E-state index is 4.72. The minimum Gasteiger partial charge on any atom is -0.353 e. The highest BCUT2D eigenvalue weighted by Gasteiger charge is 1.96. The van der Waals surface area contributed by atoms with Crippen molar-refractivity contribution in [3.8, 4) is 0 Å². The van der Waals surface area contributed by atoms with Gasteiger partial charge in [0.2, 0.25) is 0 Å². The highest BCUT2D eigenvalue weighted by Crippen LogP contribution is 1.93. The van der Waals surface area contributed by atoms with Crippen molar-refractivity contribution >= 4 is 0 Å². The summed E-state index contributed by atoms with van der Waals surface area (Å²) in [6.07, 6.45) is 0.931. The second-order valence-corrected chi connectivity index (χ2v) is 2.00. The van der Waals surface area contributed by atoms with Crippen LogP contribution in [0.1, 0.15) is 6.42 Å². The zero-order valence-corrected chi connectivity index (χ0v) is 6.28. The Kier molecular flexibility index (Phi) is 5.26. The molecule has 5 heteroatoms. The molecule has 0 radical (unpaired) electrons. The second-order valence-electron chi connectivity index (χ2n) is 2.00. The topological polar surface area (TPSA) is 46.2 Å². The molecule has 0 bridgehead atoms. The van der Waals surface area contributed by atoms with Gasteiger partial charge in [0.15, 0.2) is 0 Å². The molecule has 0 atom stereocenters. The zero-order valence-electron chi connectivity index (χ0n) is 6.28. The van der Waals surface area contributed by atoms with Crippen LogP contribution in [0.4, 0.5) is 0 Å². The van der Waals surface area contributed by atoms with Crippen LogP contribution >= 0.6 is 0 Å². The summed E-state index contributed by atoms with van der Waals surface area (Å²) in [4.78, 5) is 8.69. The number of hydrogen-bond acceptors (Lipinski definition) is 5. The lowest BCUT2D eigenvalue weighted by molar-refractivity contribution is -0.532. The van der Waals surface area contributed by atoms with Gasteiger partial charge in [0.1, 0.15) is 6.79 Å². The molecule has 2 saturated heterocycles. The first-order valence-electron chi connectivity index (χ1n) is 3.57. The molecule has 2 fully saturated rings. The van der Waals surface area contributed by atoms with E-state index < -0.39 is 0 Å². The fraction of sp³-hybridized carbons (Fsp3) is 1.00. The van der Waals surface area contributed by atoms with Crippen molar-refractivity contribution < 1.29 is 24.3 Å². The number of rotatable bonds is 0. The Bertz CT molecular complexity index is 59.9. The molecule has 0 spiro atoms. The smallest absolute Gasteiger partial charge is 0.146 e. The van der Waals surface area contributed by atoms with Crippen molar-refractivity contribution in [2.75, 3.05) is 33.2 Å². The molecule has 66 valence electrons. The molecule has 0 amide bonds. The van der Waals surface area contributed by atoms with Crippen LogP contribution in [0.15, 0.2) is 0 Å². The average Bonchev–Trinajstić information content (AvgIpc) is 2.64. The lowest BCUT2D eigenvalue weighted by atomic mass is 10.5. The van der Waals surface area contributed by atoms with E-state index in [4.69, 9.17) is 9.47 Å². The quantitative estimate of drug-likeness (QED) is 0.480. The Morgan fingerprint density at radius 1 is 0.727 bits per heavy atom. The summed E-state index contributed by atoms with van der Waals surface area (Å²) in [6, 6.07) is 0. The van der Waals surface area contributed by atoms with Gasteiger partial charge >= 0.3 is 0 Å². The van der Waals surface area contributed by atoms with Gasteiger partial charge in [-0.25, -0.2) is 9.78 Å². The Morgan fingerprint density at radius 3 is 1.55 bits per heavy atom. The first-order valence-corrected chi connectivity index (χ1v) is 3.57. The minimum absolute atomic E-state index is 0.500. The van der Waals surface area contributed by atoms with Gasteiger partial charge in [0.05, 0.1) is 26.4 Å². The third kappa shape index (κ3) is 5.11. The largest absolute Gasteiger partial charge is 0.353 e. The maximum Gasteiger partial charge on any atom is 0.146 e. The van der Waals surface area contributed by atoms with E-state index in [1.165, 1.54) is 0 Å². The summed E-state index contributed by atoms with van der Waals surface area (Å²) in [5.74, 6) is 0. The Balaban J connectivity index is 0.000000112. The van der Waals surface area contributed by atoms with Crippen LogP contribution in [0.25, 0.3) is 0 Å². The summed E-state index contributed by atoms with van der Waals surface area (Å²) >= 11 is 0. The van der Waals surface area contributed by atoms with Crippen LogP contribution < -0.4 is 0 Å². The van der Waals surface area contributed by atoms with Crippen molar-refractivity contribution in [3.05, 3.63) is 0 Å².